The maximum absolute atomic E-state index is 11.9. The number of rotatable bonds is 8. The molecule has 0 unspecified atom stereocenters. The lowest BCUT2D eigenvalue weighted by Crippen LogP contribution is -2.34. The molecule has 0 amide bonds. The van der Waals surface area contributed by atoms with Gasteiger partial charge >= 0.3 is 0 Å². The summed E-state index contributed by atoms with van der Waals surface area (Å²) in [4.78, 5) is 23.7. The average molecular weight is 322 g/mol. The second-order valence-electron chi connectivity index (χ2n) is 5.29. The highest BCUT2D eigenvalue weighted by Crippen LogP contribution is 2.03. The van der Waals surface area contributed by atoms with Gasteiger partial charge in [0.1, 0.15) is 6.61 Å². The largest absolute Gasteiger partial charge is 0.390 e. The molecule has 0 radical (unpaired) electrons. The van der Waals surface area contributed by atoms with E-state index in [9.17, 15) is 9.59 Å². The Morgan fingerprint density at radius 2 is 1.54 bits per heavy atom. The van der Waals surface area contributed by atoms with Gasteiger partial charge in [-0.1, -0.05) is 36.4 Å². The number of hydrogen-bond donors (Lipinski definition) is 1. The minimum absolute atomic E-state index is 0.0546. The number of allylic oxidation sites excluding steroid dienone is 2. The molecular formula is C20H20NO3+. The number of ketones is 2. The van der Waals surface area contributed by atoms with Gasteiger partial charge in [0.25, 0.3) is 0 Å². The Bertz CT molecular complexity index is 748. The SMILES string of the molecule is O=C(/C=C/c1ccccc1)CC(=O)/C=C/c1ccc[n+](CCO)c1. The molecule has 24 heavy (non-hydrogen) atoms. The van der Waals surface area contributed by atoms with E-state index < -0.39 is 0 Å². The van der Waals surface area contributed by atoms with Gasteiger partial charge in [0.05, 0.1) is 6.42 Å². The maximum atomic E-state index is 11.9. The van der Waals surface area contributed by atoms with Crippen molar-refractivity contribution in [2.75, 3.05) is 6.61 Å². The molecule has 4 heteroatoms. The van der Waals surface area contributed by atoms with Crippen LogP contribution in [0.3, 0.4) is 0 Å². The van der Waals surface area contributed by atoms with Crippen LogP contribution in [0.5, 0.6) is 0 Å². The van der Waals surface area contributed by atoms with E-state index in [1.54, 1.807) is 12.2 Å². The van der Waals surface area contributed by atoms with Gasteiger partial charge in [0.2, 0.25) is 0 Å². The van der Waals surface area contributed by atoms with E-state index in [1.807, 2.05) is 59.4 Å². The Morgan fingerprint density at radius 1 is 0.917 bits per heavy atom. The molecule has 0 aliphatic heterocycles. The zero-order valence-corrected chi connectivity index (χ0v) is 13.3. The van der Waals surface area contributed by atoms with Crippen LogP contribution in [-0.4, -0.2) is 23.3 Å². The van der Waals surface area contributed by atoms with Crippen molar-refractivity contribution in [1.82, 2.24) is 0 Å². The van der Waals surface area contributed by atoms with Crippen LogP contribution in [0.2, 0.25) is 0 Å². The molecule has 0 atom stereocenters. The van der Waals surface area contributed by atoms with Crippen molar-refractivity contribution < 1.29 is 19.3 Å². The predicted octanol–water partition coefficient (Wildman–Crippen LogP) is 2.22. The first-order valence-corrected chi connectivity index (χ1v) is 7.74. The Labute approximate surface area is 141 Å². The number of carbonyl (C=O) groups excluding carboxylic acids is 2. The number of aliphatic hydroxyl groups excluding tert-OH is 1. The second-order valence-corrected chi connectivity index (χ2v) is 5.29. The number of benzene rings is 1. The number of aromatic nitrogens is 1. The van der Waals surface area contributed by atoms with Crippen LogP contribution >= 0.6 is 0 Å². The van der Waals surface area contributed by atoms with E-state index in [-0.39, 0.29) is 24.6 Å². The Balaban J connectivity index is 1.89. The maximum Gasteiger partial charge on any atom is 0.176 e. The minimum atomic E-state index is -0.240. The molecule has 2 aromatic rings. The first-order valence-electron chi connectivity index (χ1n) is 7.74. The quantitative estimate of drug-likeness (QED) is 0.460. The Morgan fingerprint density at radius 3 is 2.21 bits per heavy atom. The topological polar surface area (TPSA) is 58.2 Å². The van der Waals surface area contributed by atoms with Gasteiger partial charge in [-0.2, -0.15) is 0 Å². The van der Waals surface area contributed by atoms with Gasteiger partial charge in [-0.25, -0.2) is 4.57 Å². The van der Waals surface area contributed by atoms with E-state index in [2.05, 4.69) is 0 Å². The zero-order chi connectivity index (χ0) is 17.2. The van der Waals surface area contributed by atoms with E-state index in [1.165, 1.54) is 12.2 Å². The fraction of sp³-hybridized carbons (Fsp3) is 0.150. The zero-order valence-electron chi connectivity index (χ0n) is 13.3. The van der Waals surface area contributed by atoms with E-state index >= 15 is 0 Å². The van der Waals surface area contributed by atoms with Crippen molar-refractivity contribution in [3.8, 4) is 0 Å². The number of nitrogens with zero attached hydrogens (tertiary/aromatic N) is 1. The lowest BCUT2D eigenvalue weighted by molar-refractivity contribution is -0.698. The molecule has 0 saturated carbocycles. The molecule has 4 nitrogen and oxygen atoms in total. The molecule has 2 rings (SSSR count). The standard InChI is InChI=1S/C20H20NO3/c22-14-13-21-12-4-7-18(16-21)9-11-20(24)15-19(23)10-8-17-5-2-1-3-6-17/h1-12,16,22H,13-15H2/q+1/b10-8+,11-9+. The third-order valence-corrected chi connectivity index (χ3v) is 3.31. The molecule has 0 spiro atoms. The van der Waals surface area contributed by atoms with Gasteiger partial charge in [-0.3, -0.25) is 9.59 Å². The molecule has 0 aliphatic rings. The molecule has 1 N–H and O–H groups in total. The van der Waals surface area contributed by atoms with Crippen molar-refractivity contribution >= 4 is 23.7 Å². The van der Waals surface area contributed by atoms with Gasteiger partial charge in [-0.15, -0.1) is 0 Å². The monoisotopic (exact) mass is 322 g/mol. The van der Waals surface area contributed by atoms with Gasteiger partial charge in [0.15, 0.2) is 30.5 Å². The Kier molecular flexibility index (Phi) is 6.80. The van der Waals surface area contributed by atoms with Crippen molar-refractivity contribution in [2.24, 2.45) is 0 Å². The fourth-order valence-electron chi connectivity index (χ4n) is 2.13. The van der Waals surface area contributed by atoms with Gasteiger partial charge in [0, 0.05) is 11.6 Å². The summed E-state index contributed by atoms with van der Waals surface area (Å²) in [5, 5.41) is 8.92. The summed E-state index contributed by atoms with van der Waals surface area (Å²) < 4.78 is 1.83. The number of hydrogen-bond acceptors (Lipinski definition) is 3. The summed E-state index contributed by atoms with van der Waals surface area (Å²) in [5.74, 6) is -0.466. The number of pyridine rings is 1. The molecule has 0 fully saturated rings. The minimum Gasteiger partial charge on any atom is -0.390 e. The third kappa shape index (κ3) is 6.10. The lowest BCUT2D eigenvalue weighted by atomic mass is 10.1. The van der Waals surface area contributed by atoms with Crippen LogP contribution in [0.15, 0.2) is 67.0 Å². The molecule has 0 saturated heterocycles. The van der Waals surface area contributed by atoms with Crippen LogP contribution in [0.25, 0.3) is 12.2 Å². The van der Waals surface area contributed by atoms with E-state index in [4.69, 9.17) is 5.11 Å². The predicted molar refractivity (Wildman–Crippen MR) is 92.9 cm³/mol. The summed E-state index contributed by atoms with van der Waals surface area (Å²) in [7, 11) is 0. The highest BCUT2D eigenvalue weighted by atomic mass is 16.3. The molecule has 0 bridgehead atoms. The second kappa shape index (κ2) is 9.33. The van der Waals surface area contributed by atoms with Crippen molar-refractivity contribution in [1.29, 1.82) is 0 Å². The fourth-order valence-corrected chi connectivity index (χ4v) is 2.13. The summed E-state index contributed by atoms with van der Waals surface area (Å²) in [6, 6.07) is 13.2. The summed E-state index contributed by atoms with van der Waals surface area (Å²) >= 11 is 0. The van der Waals surface area contributed by atoms with Crippen molar-refractivity contribution in [3.05, 3.63) is 78.1 Å². The summed E-state index contributed by atoms with van der Waals surface area (Å²) in [6.07, 6.45) is 9.73. The Hall–Kier alpha value is -2.85. The molecule has 1 heterocycles. The number of carbonyl (C=O) groups is 2. The van der Waals surface area contributed by atoms with Gasteiger partial charge < -0.3 is 5.11 Å². The smallest absolute Gasteiger partial charge is 0.176 e. The molecule has 1 aromatic carbocycles. The molecule has 0 aliphatic carbocycles. The van der Waals surface area contributed by atoms with Crippen molar-refractivity contribution in [2.45, 2.75) is 13.0 Å². The summed E-state index contributed by atoms with van der Waals surface area (Å²) in [6.45, 7) is 0.553. The highest BCUT2D eigenvalue weighted by molar-refractivity contribution is 6.10. The van der Waals surface area contributed by atoms with Crippen LogP contribution in [-0.2, 0) is 16.1 Å². The normalized spacial score (nSPS) is 11.2. The average Bonchev–Trinajstić information content (AvgIpc) is 2.60. The molecule has 122 valence electrons. The lowest BCUT2D eigenvalue weighted by Gasteiger charge is -1.95. The van der Waals surface area contributed by atoms with E-state index in [0.29, 0.717) is 6.54 Å². The van der Waals surface area contributed by atoms with Gasteiger partial charge in [-0.05, 0) is 29.9 Å². The third-order valence-electron chi connectivity index (χ3n) is 3.31. The number of aliphatic hydroxyl groups is 1. The molecule has 1 aromatic heterocycles. The summed E-state index contributed by atoms with van der Waals surface area (Å²) in [5.41, 5.74) is 1.76. The van der Waals surface area contributed by atoms with E-state index in [0.717, 1.165) is 11.1 Å². The first-order chi connectivity index (χ1) is 11.7. The first kappa shape index (κ1) is 17.5. The van der Waals surface area contributed by atoms with Crippen LogP contribution in [0.4, 0.5) is 0 Å². The van der Waals surface area contributed by atoms with Crippen LogP contribution < -0.4 is 4.57 Å². The molecular weight excluding hydrogens is 302 g/mol. The van der Waals surface area contributed by atoms with Crippen LogP contribution in [0.1, 0.15) is 17.5 Å². The van der Waals surface area contributed by atoms with Crippen molar-refractivity contribution in [3.63, 3.8) is 0 Å². The van der Waals surface area contributed by atoms with Crippen LogP contribution in [0, 0.1) is 0 Å². The highest BCUT2D eigenvalue weighted by Gasteiger charge is 2.04.